The summed E-state index contributed by atoms with van der Waals surface area (Å²) in [6.45, 7) is 4.09. The third-order valence-corrected chi connectivity index (χ3v) is 4.45. The third-order valence-electron chi connectivity index (χ3n) is 3.31. The number of pyridine rings is 1. The summed E-state index contributed by atoms with van der Waals surface area (Å²) in [6, 6.07) is 11.3. The van der Waals surface area contributed by atoms with E-state index in [0.29, 0.717) is 16.4 Å². The van der Waals surface area contributed by atoms with Gasteiger partial charge >= 0.3 is 0 Å². The maximum Gasteiger partial charge on any atom is 0.267 e. The number of rotatable bonds is 4. The molecule has 0 aliphatic carbocycles. The highest BCUT2D eigenvalue weighted by molar-refractivity contribution is 7.99. The minimum absolute atomic E-state index is 0.0689. The Balaban J connectivity index is 2.27. The van der Waals surface area contributed by atoms with E-state index in [4.69, 9.17) is 0 Å². The van der Waals surface area contributed by atoms with Crippen LogP contribution in [0.5, 0.6) is 0 Å². The summed E-state index contributed by atoms with van der Waals surface area (Å²) in [5.74, 6) is 1.53. The first-order valence-corrected chi connectivity index (χ1v) is 8.27. The van der Waals surface area contributed by atoms with E-state index in [0.717, 1.165) is 23.3 Å². The molecule has 0 atom stereocenters. The number of aromatic nitrogens is 3. The van der Waals surface area contributed by atoms with Crippen molar-refractivity contribution in [1.29, 1.82) is 0 Å². The molecule has 0 saturated heterocycles. The van der Waals surface area contributed by atoms with Crippen molar-refractivity contribution < 1.29 is 0 Å². The molecule has 0 N–H and O–H groups in total. The van der Waals surface area contributed by atoms with Gasteiger partial charge in [0.15, 0.2) is 5.16 Å². The molecule has 0 aliphatic heterocycles. The smallest absolute Gasteiger partial charge is 0.267 e. The Morgan fingerprint density at radius 3 is 2.73 bits per heavy atom. The SMILES string of the molecule is CCCSc1nc2ccccc2c(=O)n1-c1ccc(C)cn1. The van der Waals surface area contributed by atoms with Crippen molar-refractivity contribution in [3.05, 3.63) is 58.5 Å². The fraction of sp³-hybridized carbons (Fsp3) is 0.235. The second kappa shape index (κ2) is 6.32. The van der Waals surface area contributed by atoms with Crippen molar-refractivity contribution in [1.82, 2.24) is 14.5 Å². The number of hydrogen-bond donors (Lipinski definition) is 0. The molecule has 3 rings (SSSR count). The number of thioether (sulfide) groups is 1. The molecule has 0 fully saturated rings. The zero-order valence-electron chi connectivity index (χ0n) is 12.6. The van der Waals surface area contributed by atoms with Crippen molar-refractivity contribution in [2.24, 2.45) is 0 Å². The fourth-order valence-electron chi connectivity index (χ4n) is 2.20. The van der Waals surface area contributed by atoms with Crippen molar-refractivity contribution in [2.45, 2.75) is 25.4 Å². The lowest BCUT2D eigenvalue weighted by Gasteiger charge is -2.12. The first-order valence-electron chi connectivity index (χ1n) is 7.28. The number of hydrogen-bond acceptors (Lipinski definition) is 4. The van der Waals surface area contributed by atoms with Gasteiger partial charge in [-0.3, -0.25) is 4.79 Å². The zero-order valence-corrected chi connectivity index (χ0v) is 13.4. The number of nitrogens with zero attached hydrogens (tertiary/aromatic N) is 3. The predicted octanol–water partition coefficient (Wildman–Crippen LogP) is 3.59. The van der Waals surface area contributed by atoms with Gasteiger partial charge in [0.2, 0.25) is 0 Å². The monoisotopic (exact) mass is 311 g/mol. The molecular formula is C17H17N3OS. The second-order valence-electron chi connectivity index (χ2n) is 5.09. The molecule has 0 amide bonds. The number of fused-ring (bicyclic) bond motifs is 1. The van der Waals surface area contributed by atoms with Crippen LogP contribution >= 0.6 is 11.8 Å². The van der Waals surface area contributed by atoms with E-state index in [2.05, 4.69) is 16.9 Å². The molecule has 0 unspecified atom stereocenters. The molecule has 3 aromatic rings. The van der Waals surface area contributed by atoms with Gasteiger partial charge in [-0.1, -0.05) is 36.9 Å². The van der Waals surface area contributed by atoms with Crippen LogP contribution in [0, 0.1) is 6.92 Å². The summed E-state index contributed by atoms with van der Waals surface area (Å²) in [5, 5.41) is 1.31. The predicted molar refractivity (Wildman–Crippen MR) is 90.9 cm³/mol. The largest absolute Gasteiger partial charge is 0.268 e. The van der Waals surface area contributed by atoms with Crippen LogP contribution in [-0.2, 0) is 0 Å². The molecule has 112 valence electrons. The summed E-state index contributed by atoms with van der Waals surface area (Å²) >= 11 is 1.59. The molecule has 0 bridgehead atoms. The maximum absolute atomic E-state index is 12.9. The van der Waals surface area contributed by atoms with E-state index in [-0.39, 0.29) is 5.56 Å². The highest BCUT2D eigenvalue weighted by Gasteiger charge is 2.13. The van der Waals surface area contributed by atoms with Crippen LogP contribution in [0.3, 0.4) is 0 Å². The summed E-state index contributed by atoms with van der Waals surface area (Å²) in [5.41, 5.74) is 1.73. The van der Waals surface area contributed by atoms with Gasteiger partial charge in [-0.15, -0.1) is 0 Å². The standard InChI is InChI=1S/C17H17N3OS/c1-3-10-22-17-19-14-7-5-4-6-13(14)16(21)20(17)15-9-8-12(2)11-18-15/h4-9,11H,3,10H2,1-2H3. The minimum Gasteiger partial charge on any atom is -0.268 e. The Labute approximate surface area is 133 Å². The van der Waals surface area contributed by atoms with E-state index >= 15 is 0 Å². The van der Waals surface area contributed by atoms with Gasteiger partial charge in [0.1, 0.15) is 5.82 Å². The van der Waals surface area contributed by atoms with Crippen LogP contribution in [0.4, 0.5) is 0 Å². The first kappa shape index (κ1) is 14.8. The highest BCUT2D eigenvalue weighted by atomic mass is 32.2. The van der Waals surface area contributed by atoms with Crippen LogP contribution in [0.2, 0.25) is 0 Å². The van der Waals surface area contributed by atoms with Crippen molar-refractivity contribution in [3.63, 3.8) is 0 Å². The lowest BCUT2D eigenvalue weighted by Crippen LogP contribution is -2.22. The van der Waals surface area contributed by atoms with Crippen molar-refractivity contribution in [3.8, 4) is 5.82 Å². The van der Waals surface area contributed by atoms with Crippen LogP contribution in [-0.4, -0.2) is 20.3 Å². The molecule has 0 aliphatic rings. The lowest BCUT2D eigenvalue weighted by molar-refractivity contribution is 0.794. The summed E-state index contributed by atoms with van der Waals surface area (Å²) in [7, 11) is 0. The van der Waals surface area contributed by atoms with Crippen LogP contribution < -0.4 is 5.56 Å². The van der Waals surface area contributed by atoms with Crippen LogP contribution in [0.15, 0.2) is 52.5 Å². The van der Waals surface area contributed by atoms with E-state index in [1.807, 2.05) is 43.3 Å². The van der Waals surface area contributed by atoms with Gasteiger partial charge in [-0.05, 0) is 37.1 Å². The Morgan fingerprint density at radius 2 is 2.00 bits per heavy atom. The quantitative estimate of drug-likeness (QED) is 0.546. The number of benzene rings is 1. The van der Waals surface area contributed by atoms with E-state index < -0.39 is 0 Å². The zero-order chi connectivity index (χ0) is 15.5. The second-order valence-corrected chi connectivity index (χ2v) is 6.16. The maximum atomic E-state index is 12.9. The van der Waals surface area contributed by atoms with E-state index in [1.165, 1.54) is 0 Å². The Bertz CT molecular complexity index is 856. The summed E-state index contributed by atoms with van der Waals surface area (Å²) in [6.07, 6.45) is 2.79. The lowest BCUT2D eigenvalue weighted by atomic mass is 10.2. The molecule has 5 heteroatoms. The van der Waals surface area contributed by atoms with Gasteiger partial charge < -0.3 is 0 Å². The Hall–Kier alpha value is -2.14. The van der Waals surface area contributed by atoms with E-state index in [9.17, 15) is 4.79 Å². The average molecular weight is 311 g/mol. The van der Waals surface area contributed by atoms with Crippen LogP contribution in [0.1, 0.15) is 18.9 Å². The molecule has 0 spiro atoms. The Kier molecular flexibility index (Phi) is 4.24. The number of aryl methyl sites for hydroxylation is 1. The molecule has 0 radical (unpaired) electrons. The minimum atomic E-state index is -0.0689. The first-order chi connectivity index (χ1) is 10.7. The molecule has 4 nitrogen and oxygen atoms in total. The summed E-state index contributed by atoms with van der Waals surface area (Å²) < 4.78 is 1.61. The molecule has 22 heavy (non-hydrogen) atoms. The molecule has 2 aromatic heterocycles. The van der Waals surface area contributed by atoms with E-state index in [1.54, 1.807) is 22.5 Å². The normalized spacial score (nSPS) is 11.0. The van der Waals surface area contributed by atoms with Crippen molar-refractivity contribution >= 4 is 22.7 Å². The van der Waals surface area contributed by atoms with Gasteiger partial charge in [0, 0.05) is 11.9 Å². The van der Waals surface area contributed by atoms with Gasteiger partial charge in [0.25, 0.3) is 5.56 Å². The van der Waals surface area contributed by atoms with Gasteiger partial charge in [0.05, 0.1) is 10.9 Å². The molecular weight excluding hydrogens is 294 g/mol. The Morgan fingerprint density at radius 1 is 1.18 bits per heavy atom. The topological polar surface area (TPSA) is 47.8 Å². The molecule has 0 saturated carbocycles. The third kappa shape index (κ3) is 2.76. The average Bonchev–Trinajstić information content (AvgIpc) is 2.54. The van der Waals surface area contributed by atoms with Gasteiger partial charge in [-0.2, -0.15) is 0 Å². The van der Waals surface area contributed by atoms with Crippen LogP contribution in [0.25, 0.3) is 16.7 Å². The summed E-state index contributed by atoms with van der Waals surface area (Å²) in [4.78, 5) is 21.9. The molecule has 1 aromatic carbocycles. The fourth-order valence-corrected chi connectivity index (χ4v) is 3.05. The highest BCUT2D eigenvalue weighted by Crippen LogP contribution is 2.21. The number of para-hydroxylation sites is 1. The van der Waals surface area contributed by atoms with Gasteiger partial charge in [-0.25, -0.2) is 14.5 Å². The molecule has 2 heterocycles. The van der Waals surface area contributed by atoms with Crippen molar-refractivity contribution in [2.75, 3.05) is 5.75 Å².